The highest BCUT2D eigenvalue weighted by Crippen LogP contribution is 2.56. The summed E-state index contributed by atoms with van der Waals surface area (Å²) in [7, 11) is 1.91. The maximum atomic E-state index is 13.5. The number of Topliss-reactive ketones (excluding diaryl/α,β-unsaturated/α-hetero) is 1. The molecule has 1 aromatic carbocycles. The van der Waals surface area contributed by atoms with Crippen LogP contribution in [0.15, 0.2) is 53.4 Å². The van der Waals surface area contributed by atoms with E-state index in [9.17, 15) is 14.7 Å². The van der Waals surface area contributed by atoms with Crippen LogP contribution in [0.25, 0.3) is 22.4 Å². The molecule has 1 unspecified atom stereocenters. The Labute approximate surface area is 328 Å². The van der Waals surface area contributed by atoms with E-state index in [1.807, 2.05) is 44.0 Å². The molecule has 2 fully saturated rings. The lowest BCUT2D eigenvalue weighted by Gasteiger charge is -2.45. The second kappa shape index (κ2) is 13.7. The Morgan fingerprint density at radius 3 is 2.60 bits per heavy atom. The van der Waals surface area contributed by atoms with Crippen molar-refractivity contribution in [2.24, 2.45) is 12.5 Å². The normalized spacial score (nSPS) is 20.9. The molecule has 13 nitrogen and oxygen atoms in total. The first kappa shape index (κ1) is 35.8. The first-order chi connectivity index (χ1) is 26.5. The van der Waals surface area contributed by atoms with Crippen LogP contribution < -0.4 is 15.1 Å². The predicted molar refractivity (Wildman–Crippen MR) is 214 cm³/mol. The molecule has 4 aliphatic rings. The summed E-state index contributed by atoms with van der Waals surface area (Å²) in [5, 5.41) is 21.9. The fourth-order valence-corrected chi connectivity index (χ4v) is 10.4. The van der Waals surface area contributed by atoms with Gasteiger partial charge in [-0.25, -0.2) is 19.4 Å². The number of nitrogens with zero attached hydrogens (tertiary/aromatic N) is 9. The first-order valence-electron chi connectivity index (χ1n) is 19.6. The second-order valence-corrected chi connectivity index (χ2v) is 17.4. The van der Waals surface area contributed by atoms with Gasteiger partial charge in [0.2, 0.25) is 0 Å². The van der Waals surface area contributed by atoms with Gasteiger partial charge < -0.3 is 20.2 Å². The Morgan fingerprint density at radius 1 is 1.02 bits per heavy atom. The Hall–Kier alpha value is -4.85. The SMILES string of the molecule is Cn1cc(-c2ccc3c(n2)CCCN3c2nn(C3CCCCC3=O)c3nc(N4CCC5(CC4)Cc4ccccc4[C@H]5CC(C)(C)NC(=O)O)c(Br)nc23)cn1. The molecule has 5 aromatic rings. The number of hydrogen-bond acceptors (Lipinski definition) is 9. The summed E-state index contributed by atoms with van der Waals surface area (Å²) in [5.74, 6) is 1.89. The minimum Gasteiger partial charge on any atom is -0.465 e. The van der Waals surface area contributed by atoms with Crippen molar-refractivity contribution in [3.8, 4) is 11.3 Å². The van der Waals surface area contributed by atoms with Crippen molar-refractivity contribution < 1.29 is 14.7 Å². The Kier molecular flexibility index (Phi) is 8.93. The van der Waals surface area contributed by atoms with E-state index in [1.54, 1.807) is 4.68 Å². The van der Waals surface area contributed by atoms with Crippen molar-refractivity contribution in [1.82, 2.24) is 39.8 Å². The van der Waals surface area contributed by atoms with Crippen LogP contribution in [0.3, 0.4) is 0 Å². The summed E-state index contributed by atoms with van der Waals surface area (Å²) in [6, 6.07) is 12.5. The van der Waals surface area contributed by atoms with Gasteiger partial charge in [-0.05, 0) is 116 Å². The number of pyridine rings is 1. The van der Waals surface area contributed by atoms with Gasteiger partial charge >= 0.3 is 6.09 Å². The van der Waals surface area contributed by atoms with Gasteiger partial charge in [0.15, 0.2) is 28.6 Å². The van der Waals surface area contributed by atoms with Crippen molar-refractivity contribution in [2.75, 3.05) is 29.4 Å². The Morgan fingerprint density at radius 2 is 1.84 bits per heavy atom. The summed E-state index contributed by atoms with van der Waals surface area (Å²) in [4.78, 5) is 45.3. The van der Waals surface area contributed by atoms with Gasteiger partial charge in [-0.3, -0.25) is 14.5 Å². The second-order valence-electron chi connectivity index (χ2n) is 16.6. The van der Waals surface area contributed by atoms with E-state index in [-0.39, 0.29) is 23.2 Å². The van der Waals surface area contributed by atoms with Crippen LogP contribution >= 0.6 is 15.9 Å². The van der Waals surface area contributed by atoms with E-state index in [0.717, 1.165) is 106 Å². The van der Waals surface area contributed by atoms with Gasteiger partial charge in [-0.15, -0.1) is 5.10 Å². The van der Waals surface area contributed by atoms with E-state index >= 15 is 0 Å². The van der Waals surface area contributed by atoms with Crippen LogP contribution in [0.4, 0.5) is 22.1 Å². The minimum atomic E-state index is -0.993. The van der Waals surface area contributed by atoms with Crippen molar-refractivity contribution in [1.29, 1.82) is 0 Å². The van der Waals surface area contributed by atoms with E-state index in [0.29, 0.717) is 28.0 Å². The molecular weight excluding hydrogens is 760 g/mol. The molecule has 2 N–H and O–H groups in total. The Balaban J connectivity index is 1.06. The fraction of sp³-hybridized carbons (Fsp3) is 0.488. The number of aromatic nitrogens is 7. The molecule has 286 valence electrons. The monoisotopic (exact) mass is 806 g/mol. The zero-order chi connectivity index (χ0) is 38.1. The lowest BCUT2D eigenvalue weighted by Crippen LogP contribution is -2.48. The lowest BCUT2D eigenvalue weighted by atomic mass is 9.66. The molecule has 1 saturated carbocycles. The molecule has 4 aromatic heterocycles. The third-order valence-corrected chi connectivity index (χ3v) is 13.0. The van der Waals surface area contributed by atoms with Gasteiger partial charge in [-0.2, -0.15) is 5.10 Å². The van der Waals surface area contributed by atoms with Crippen LogP contribution in [0, 0.1) is 5.41 Å². The standard InChI is InChI=1S/C41H47BrN10O3/c1-40(2,47-39(54)55)22-28-27-10-5-4-9-25(27)21-41(28)16-19-50(20-17-41)38-35(42)45-34-36(46-38)52(32-12-6-7-13-33(32)53)48-37(34)51-18-8-11-30-31(51)15-14-29(44-30)26-23-43-49(3)24-26/h4-5,9-10,14-15,23-24,28,32,47H,6-8,11-13,16-22H2,1-3H3,(H,54,55)/t28-,32?/m1/s1. The third-order valence-electron chi connectivity index (χ3n) is 12.5. The molecular formula is C41H47BrN10O3. The topological polar surface area (TPSA) is 147 Å². The maximum absolute atomic E-state index is 13.5. The Bertz CT molecular complexity index is 2310. The number of ketones is 1. The van der Waals surface area contributed by atoms with Crippen LogP contribution in [-0.4, -0.2) is 76.7 Å². The fourth-order valence-electron chi connectivity index (χ4n) is 9.84. The number of nitrogens with one attached hydrogen (secondary N) is 1. The summed E-state index contributed by atoms with van der Waals surface area (Å²) in [6.45, 7) is 6.29. The maximum Gasteiger partial charge on any atom is 0.405 e. The van der Waals surface area contributed by atoms with Gasteiger partial charge in [0.05, 0.1) is 23.3 Å². The number of amides is 1. The number of hydrogen-bond donors (Lipinski definition) is 2. The molecule has 9 rings (SSSR count). The van der Waals surface area contributed by atoms with Gasteiger partial charge in [0.25, 0.3) is 0 Å². The zero-order valence-electron chi connectivity index (χ0n) is 31.6. The summed E-state index contributed by atoms with van der Waals surface area (Å²) >= 11 is 3.85. The average Bonchev–Trinajstić information content (AvgIpc) is 3.84. The quantitative estimate of drug-likeness (QED) is 0.169. The highest BCUT2D eigenvalue weighted by Gasteiger charge is 2.49. The van der Waals surface area contributed by atoms with Crippen LogP contribution in [0.2, 0.25) is 0 Å². The molecule has 1 saturated heterocycles. The van der Waals surface area contributed by atoms with E-state index in [2.05, 4.69) is 66.5 Å². The zero-order valence-corrected chi connectivity index (χ0v) is 33.2. The highest BCUT2D eigenvalue weighted by atomic mass is 79.9. The van der Waals surface area contributed by atoms with Gasteiger partial charge in [0, 0.05) is 50.4 Å². The number of benzene rings is 1. The number of halogens is 1. The largest absolute Gasteiger partial charge is 0.465 e. The molecule has 0 bridgehead atoms. The smallest absolute Gasteiger partial charge is 0.405 e. The number of carboxylic acid groups (broad SMARTS) is 1. The summed E-state index contributed by atoms with van der Waals surface area (Å²) in [6.07, 6.45) is 11.3. The van der Waals surface area contributed by atoms with Crippen LogP contribution in [0.5, 0.6) is 0 Å². The van der Waals surface area contributed by atoms with E-state index in [1.165, 1.54) is 11.1 Å². The number of fused-ring (bicyclic) bond motifs is 3. The number of carbonyl (C=O) groups is 2. The molecule has 14 heteroatoms. The highest BCUT2D eigenvalue weighted by molar-refractivity contribution is 9.10. The number of anilines is 3. The van der Waals surface area contributed by atoms with Gasteiger partial charge in [-0.1, -0.05) is 30.7 Å². The summed E-state index contributed by atoms with van der Waals surface area (Å²) < 4.78 is 4.31. The van der Waals surface area contributed by atoms with Crippen molar-refractivity contribution in [3.63, 3.8) is 0 Å². The molecule has 6 heterocycles. The molecule has 0 radical (unpaired) electrons. The molecule has 1 amide bonds. The molecule has 2 aliphatic carbocycles. The van der Waals surface area contributed by atoms with E-state index < -0.39 is 11.6 Å². The first-order valence-corrected chi connectivity index (χ1v) is 20.4. The number of piperidine rings is 1. The molecule has 1 spiro atoms. The predicted octanol–water partition coefficient (Wildman–Crippen LogP) is 7.52. The summed E-state index contributed by atoms with van der Waals surface area (Å²) in [5.41, 5.74) is 7.32. The van der Waals surface area contributed by atoms with Crippen molar-refractivity contribution >= 4 is 56.3 Å². The van der Waals surface area contributed by atoms with Crippen LogP contribution in [0.1, 0.15) is 94.0 Å². The van der Waals surface area contributed by atoms with Crippen LogP contribution in [-0.2, 0) is 24.7 Å². The number of aryl methyl sites for hydroxylation is 2. The molecule has 2 aliphatic heterocycles. The van der Waals surface area contributed by atoms with E-state index in [4.69, 9.17) is 20.1 Å². The lowest BCUT2D eigenvalue weighted by molar-refractivity contribution is -0.124. The van der Waals surface area contributed by atoms with Crippen molar-refractivity contribution in [3.05, 3.63) is 70.2 Å². The average molecular weight is 808 g/mol. The minimum absolute atomic E-state index is 0.0116. The third kappa shape index (κ3) is 6.45. The van der Waals surface area contributed by atoms with Crippen molar-refractivity contribution in [2.45, 2.75) is 95.6 Å². The molecule has 55 heavy (non-hydrogen) atoms. The van der Waals surface area contributed by atoms with Gasteiger partial charge in [0.1, 0.15) is 10.6 Å². The number of carbonyl (C=O) groups excluding carboxylic acids is 1. The molecule has 2 atom stereocenters. The number of rotatable bonds is 7.